The van der Waals surface area contributed by atoms with Gasteiger partial charge in [0, 0.05) is 6.54 Å². The van der Waals surface area contributed by atoms with E-state index in [9.17, 15) is 8.42 Å². The van der Waals surface area contributed by atoms with E-state index in [1.807, 2.05) is 13.8 Å². The molecule has 1 aromatic rings. The summed E-state index contributed by atoms with van der Waals surface area (Å²) in [4.78, 5) is 0. The molecule has 90 valence electrons. The highest BCUT2D eigenvalue weighted by atomic mass is 32.2. The molecule has 0 spiro atoms. The zero-order valence-corrected chi connectivity index (χ0v) is 10.3. The maximum Gasteiger partial charge on any atom is 0.212 e. The van der Waals surface area contributed by atoms with Crippen molar-refractivity contribution in [3.63, 3.8) is 0 Å². The third-order valence-corrected chi connectivity index (χ3v) is 3.67. The molecule has 0 aromatic heterocycles. The number of rotatable bonds is 5. The van der Waals surface area contributed by atoms with Gasteiger partial charge in [-0.25, -0.2) is 13.1 Å². The lowest BCUT2D eigenvalue weighted by molar-refractivity contribution is 0.475. The number of sulfonamides is 1. The molecule has 0 aliphatic carbocycles. The quantitative estimate of drug-likeness (QED) is 0.823. The Morgan fingerprint density at radius 3 is 2.31 bits per heavy atom. The first-order valence-electron chi connectivity index (χ1n) is 5.14. The van der Waals surface area contributed by atoms with Crippen LogP contribution in [0.25, 0.3) is 0 Å². The van der Waals surface area contributed by atoms with Crippen LogP contribution in [0, 0.1) is 5.92 Å². The molecule has 5 heteroatoms. The summed E-state index contributed by atoms with van der Waals surface area (Å²) in [6.07, 6.45) is 0. The van der Waals surface area contributed by atoms with Crippen LogP contribution in [0.4, 0.5) is 0 Å². The van der Waals surface area contributed by atoms with Crippen molar-refractivity contribution in [3.05, 3.63) is 29.8 Å². The lowest BCUT2D eigenvalue weighted by atomic mass is 10.2. The molecule has 2 N–H and O–H groups in total. The summed E-state index contributed by atoms with van der Waals surface area (Å²) in [6.45, 7) is 3.98. The molecule has 0 heterocycles. The SMILES string of the molecule is CC(C)CS(=O)(=O)NCc1ccc(O)cc1. The van der Waals surface area contributed by atoms with Crippen molar-refractivity contribution in [1.82, 2.24) is 4.72 Å². The molecule has 0 aliphatic heterocycles. The van der Waals surface area contributed by atoms with Gasteiger partial charge in [-0.1, -0.05) is 26.0 Å². The van der Waals surface area contributed by atoms with Gasteiger partial charge in [-0.05, 0) is 23.6 Å². The first-order valence-corrected chi connectivity index (χ1v) is 6.79. The van der Waals surface area contributed by atoms with Crippen molar-refractivity contribution in [2.75, 3.05) is 5.75 Å². The van der Waals surface area contributed by atoms with Gasteiger partial charge in [0.05, 0.1) is 5.75 Å². The molecule has 0 fully saturated rings. The van der Waals surface area contributed by atoms with Gasteiger partial charge in [0.2, 0.25) is 10.0 Å². The van der Waals surface area contributed by atoms with E-state index in [2.05, 4.69) is 4.72 Å². The zero-order chi connectivity index (χ0) is 12.2. The van der Waals surface area contributed by atoms with Gasteiger partial charge < -0.3 is 5.11 Å². The minimum atomic E-state index is -3.20. The fourth-order valence-electron chi connectivity index (χ4n) is 1.30. The molecule has 0 amide bonds. The van der Waals surface area contributed by atoms with Gasteiger partial charge in [0.15, 0.2) is 0 Å². The number of aromatic hydroxyl groups is 1. The Kier molecular flexibility index (Phi) is 4.32. The molecule has 0 aliphatic rings. The lowest BCUT2D eigenvalue weighted by Crippen LogP contribution is -2.28. The van der Waals surface area contributed by atoms with Crippen LogP contribution in [-0.4, -0.2) is 19.3 Å². The van der Waals surface area contributed by atoms with E-state index in [0.717, 1.165) is 5.56 Å². The van der Waals surface area contributed by atoms with Crippen molar-refractivity contribution in [2.24, 2.45) is 5.92 Å². The topological polar surface area (TPSA) is 66.4 Å². The molecule has 0 unspecified atom stereocenters. The Labute approximate surface area is 96.4 Å². The highest BCUT2D eigenvalue weighted by molar-refractivity contribution is 7.89. The maximum absolute atomic E-state index is 11.5. The molecule has 0 atom stereocenters. The molecule has 1 rings (SSSR count). The average molecular weight is 243 g/mol. The van der Waals surface area contributed by atoms with E-state index in [1.165, 1.54) is 12.1 Å². The minimum absolute atomic E-state index is 0.109. The monoisotopic (exact) mass is 243 g/mol. The van der Waals surface area contributed by atoms with Crippen LogP contribution >= 0.6 is 0 Å². The third-order valence-electron chi connectivity index (χ3n) is 1.99. The van der Waals surface area contributed by atoms with Crippen LogP contribution < -0.4 is 4.72 Å². The van der Waals surface area contributed by atoms with E-state index in [-0.39, 0.29) is 24.0 Å². The molecule has 0 saturated heterocycles. The molecule has 0 bridgehead atoms. The van der Waals surface area contributed by atoms with Crippen LogP contribution in [0.5, 0.6) is 5.75 Å². The summed E-state index contributed by atoms with van der Waals surface area (Å²) in [5, 5.41) is 9.07. The van der Waals surface area contributed by atoms with E-state index in [1.54, 1.807) is 12.1 Å². The first kappa shape index (κ1) is 13.0. The van der Waals surface area contributed by atoms with Crippen LogP contribution in [0.1, 0.15) is 19.4 Å². The summed E-state index contributed by atoms with van der Waals surface area (Å²) in [5.41, 5.74) is 0.824. The third kappa shape index (κ3) is 4.63. The van der Waals surface area contributed by atoms with Gasteiger partial charge >= 0.3 is 0 Å². The molecule has 16 heavy (non-hydrogen) atoms. The van der Waals surface area contributed by atoms with Crippen LogP contribution in [-0.2, 0) is 16.6 Å². The summed E-state index contributed by atoms with van der Waals surface area (Å²) >= 11 is 0. The number of phenolic OH excluding ortho intramolecular Hbond substituents is 1. The summed E-state index contributed by atoms with van der Waals surface area (Å²) in [6, 6.07) is 6.44. The summed E-state index contributed by atoms with van der Waals surface area (Å²) in [7, 11) is -3.20. The Morgan fingerprint density at radius 2 is 1.81 bits per heavy atom. The highest BCUT2D eigenvalue weighted by Gasteiger charge is 2.11. The van der Waals surface area contributed by atoms with Crippen LogP contribution in [0.3, 0.4) is 0 Å². The van der Waals surface area contributed by atoms with Crippen molar-refractivity contribution in [3.8, 4) is 5.75 Å². The zero-order valence-electron chi connectivity index (χ0n) is 9.47. The molecule has 0 saturated carbocycles. The standard InChI is InChI=1S/C11H17NO3S/c1-9(2)8-16(14,15)12-7-10-3-5-11(13)6-4-10/h3-6,9,12-13H,7-8H2,1-2H3. The predicted octanol–water partition coefficient (Wildman–Crippen LogP) is 1.47. The number of hydrogen-bond donors (Lipinski definition) is 2. The molecular formula is C11H17NO3S. The number of benzene rings is 1. The fourth-order valence-corrected chi connectivity index (χ4v) is 2.69. The van der Waals surface area contributed by atoms with Gasteiger partial charge in [-0.2, -0.15) is 0 Å². The number of phenols is 1. The second kappa shape index (κ2) is 5.32. The van der Waals surface area contributed by atoms with Crippen LogP contribution in [0.2, 0.25) is 0 Å². The predicted molar refractivity (Wildman–Crippen MR) is 63.6 cm³/mol. The smallest absolute Gasteiger partial charge is 0.212 e. The molecular weight excluding hydrogens is 226 g/mol. The van der Waals surface area contributed by atoms with Crippen molar-refractivity contribution in [1.29, 1.82) is 0 Å². The second-order valence-corrected chi connectivity index (χ2v) is 6.01. The minimum Gasteiger partial charge on any atom is -0.508 e. The Hall–Kier alpha value is -1.07. The Bertz CT molecular complexity index is 423. The maximum atomic E-state index is 11.5. The average Bonchev–Trinajstić information content (AvgIpc) is 2.15. The van der Waals surface area contributed by atoms with Crippen molar-refractivity contribution < 1.29 is 13.5 Å². The van der Waals surface area contributed by atoms with Gasteiger partial charge in [0.1, 0.15) is 5.75 Å². The highest BCUT2D eigenvalue weighted by Crippen LogP contribution is 2.09. The summed E-state index contributed by atoms with van der Waals surface area (Å²) < 4.78 is 25.6. The van der Waals surface area contributed by atoms with Crippen molar-refractivity contribution >= 4 is 10.0 Å². The Morgan fingerprint density at radius 1 is 1.25 bits per heavy atom. The fraction of sp³-hybridized carbons (Fsp3) is 0.455. The molecule has 1 aromatic carbocycles. The van der Waals surface area contributed by atoms with E-state index < -0.39 is 10.0 Å². The van der Waals surface area contributed by atoms with Gasteiger partial charge in [-0.3, -0.25) is 0 Å². The molecule has 4 nitrogen and oxygen atoms in total. The van der Waals surface area contributed by atoms with Gasteiger partial charge in [-0.15, -0.1) is 0 Å². The van der Waals surface area contributed by atoms with Crippen molar-refractivity contribution in [2.45, 2.75) is 20.4 Å². The number of nitrogens with one attached hydrogen (secondary N) is 1. The largest absolute Gasteiger partial charge is 0.508 e. The van der Waals surface area contributed by atoms with E-state index in [0.29, 0.717) is 0 Å². The first-order chi connectivity index (χ1) is 7.39. The Balaban J connectivity index is 2.54. The van der Waals surface area contributed by atoms with E-state index in [4.69, 9.17) is 5.11 Å². The number of hydrogen-bond acceptors (Lipinski definition) is 3. The molecule has 0 radical (unpaired) electrons. The lowest BCUT2D eigenvalue weighted by Gasteiger charge is -2.08. The normalized spacial score (nSPS) is 11.9. The van der Waals surface area contributed by atoms with E-state index >= 15 is 0 Å². The second-order valence-electron chi connectivity index (χ2n) is 4.16. The van der Waals surface area contributed by atoms with Gasteiger partial charge in [0.25, 0.3) is 0 Å². The summed E-state index contributed by atoms with van der Waals surface area (Å²) in [5.74, 6) is 0.413. The van der Waals surface area contributed by atoms with Crippen LogP contribution in [0.15, 0.2) is 24.3 Å².